The lowest BCUT2D eigenvalue weighted by molar-refractivity contribution is 0.0948. The van der Waals surface area contributed by atoms with E-state index in [1.54, 1.807) is 14.0 Å². The van der Waals surface area contributed by atoms with Crippen LogP contribution in [0.5, 0.6) is 5.75 Å². The van der Waals surface area contributed by atoms with Gasteiger partial charge in [0, 0.05) is 36.0 Å². The third-order valence-corrected chi connectivity index (χ3v) is 5.92. The van der Waals surface area contributed by atoms with E-state index in [1.165, 1.54) is 31.4 Å². The summed E-state index contributed by atoms with van der Waals surface area (Å²) in [6, 6.07) is 10.6. The summed E-state index contributed by atoms with van der Waals surface area (Å²) < 4.78 is 11.6. The second-order valence-electron chi connectivity index (χ2n) is 8.92. The Labute approximate surface area is 205 Å². The highest BCUT2D eigenvalue weighted by Gasteiger charge is 2.37. The highest BCUT2D eigenvalue weighted by Crippen LogP contribution is 2.40. The molecule has 0 saturated heterocycles. The standard InChI is InChI=1S/C29H37N3O2/c1-7-9-17-32(18-10-8-2)24-16-15-23(27(19-24)33-6)13-11-12-14-26-25(21-31)28(22(3)20-30)34-29(26,4)5/h11-16,19H,7-10,17-18H2,1-6H3/b13-11+,14-12+,28-22-. The Balaban J connectivity index is 2.28. The van der Waals surface area contributed by atoms with Gasteiger partial charge in [-0.3, -0.25) is 0 Å². The number of hydrogen-bond acceptors (Lipinski definition) is 5. The smallest absolute Gasteiger partial charge is 0.152 e. The van der Waals surface area contributed by atoms with E-state index in [4.69, 9.17) is 9.47 Å². The van der Waals surface area contributed by atoms with Crippen LogP contribution in [-0.4, -0.2) is 25.8 Å². The number of benzene rings is 1. The van der Waals surface area contributed by atoms with Crippen LogP contribution in [0.4, 0.5) is 5.69 Å². The Bertz CT molecular complexity index is 1050. The molecule has 0 fully saturated rings. The average Bonchev–Trinajstić information content (AvgIpc) is 3.10. The zero-order chi connectivity index (χ0) is 25.1. The molecule has 1 aromatic carbocycles. The molecular formula is C29H37N3O2. The van der Waals surface area contributed by atoms with Gasteiger partial charge in [-0.1, -0.05) is 51.0 Å². The second-order valence-corrected chi connectivity index (χ2v) is 8.92. The fraction of sp³-hybridized carbons (Fsp3) is 0.448. The number of nitriles is 2. The molecule has 1 aliphatic rings. The van der Waals surface area contributed by atoms with Gasteiger partial charge in [-0.15, -0.1) is 0 Å². The molecule has 0 aromatic heterocycles. The minimum atomic E-state index is -0.678. The molecule has 5 nitrogen and oxygen atoms in total. The molecule has 0 saturated carbocycles. The van der Waals surface area contributed by atoms with Gasteiger partial charge in [0.1, 0.15) is 23.0 Å². The maximum Gasteiger partial charge on any atom is 0.152 e. The van der Waals surface area contributed by atoms with Crippen LogP contribution in [0.3, 0.4) is 0 Å². The molecule has 0 atom stereocenters. The number of methoxy groups -OCH3 is 1. The molecule has 5 heteroatoms. The summed E-state index contributed by atoms with van der Waals surface area (Å²) in [6.07, 6.45) is 12.4. The first-order valence-electron chi connectivity index (χ1n) is 12.1. The van der Waals surface area contributed by atoms with Crippen molar-refractivity contribution in [2.75, 3.05) is 25.1 Å². The third-order valence-electron chi connectivity index (χ3n) is 5.92. The van der Waals surface area contributed by atoms with Gasteiger partial charge >= 0.3 is 0 Å². The van der Waals surface area contributed by atoms with Crippen molar-refractivity contribution in [2.45, 2.75) is 65.9 Å². The van der Waals surface area contributed by atoms with Gasteiger partial charge in [-0.05, 0) is 45.7 Å². The minimum Gasteiger partial charge on any atom is -0.496 e. The maximum atomic E-state index is 9.66. The molecule has 180 valence electrons. The first-order valence-corrected chi connectivity index (χ1v) is 12.1. The van der Waals surface area contributed by atoms with Crippen molar-refractivity contribution in [2.24, 2.45) is 0 Å². The van der Waals surface area contributed by atoms with Crippen molar-refractivity contribution in [3.63, 3.8) is 0 Å². The van der Waals surface area contributed by atoms with Crippen LogP contribution >= 0.6 is 0 Å². The molecule has 0 unspecified atom stereocenters. The summed E-state index contributed by atoms with van der Waals surface area (Å²) in [7, 11) is 1.70. The molecule has 0 amide bonds. The van der Waals surface area contributed by atoms with E-state index >= 15 is 0 Å². The summed E-state index contributed by atoms with van der Waals surface area (Å²) in [5.74, 6) is 1.20. The van der Waals surface area contributed by atoms with Crippen LogP contribution in [0, 0.1) is 22.7 Å². The van der Waals surface area contributed by atoms with Gasteiger partial charge in [0.15, 0.2) is 5.76 Å². The van der Waals surface area contributed by atoms with E-state index in [9.17, 15) is 10.5 Å². The van der Waals surface area contributed by atoms with Gasteiger partial charge in [0.25, 0.3) is 0 Å². The largest absolute Gasteiger partial charge is 0.496 e. The van der Waals surface area contributed by atoms with Gasteiger partial charge < -0.3 is 14.4 Å². The summed E-state index contributed by atoms with van der Waals surface area (Å²) in [4.78, 5) is 2.44. The quantitative estimate of drug-likeness (QED) is 0.261. The Morgan fingerprint density at radius 1 is 1.09 bits per heavy atom. The number of unbranched alkanes of at least 4 members (excludes halogenated alkanes) is 2. The Morgan fingerprint density at radius 2 is 1.74 bits per heavy atom. The highest BCUT2D eigenvalue weighted by atomic mass is 16.5. The molecule has 34 heavy (non-hydrogen) atoms. The number of nitrogens with zero attached hydrogens (tertiary/aromatic N) is 3. The number of ether oxygens (including phenoxy) is 2. The summed E-state index contributed by atoms with van der Waals surface area (Å²) in [5, 5.41) is 18.9. The zero-order valence-corrected chi connectivity index (χ0v) is 21.4. The van der Waals surface area contributed by atoms with Crippen LogP contribution in [0.1, 0.15) is 65.9 Å². The Kier molecular flexibility index (Phi) is 10.0. The van der Waals surface area contributed by atoms with E-state index in [-0.39, 0.29) is 0 Å². The van der Waals surface area contributed by atoms with Crippen molar-refractivity contribution >= 4 is 11.8 Å². The molecule has 1 heterocycles. The van der Waals surface area contributed by atoms with E-state index in [0.717, 1.165) is 30.0 Å². The van der Waals surface area contributed by atoms with Gasteiger partial charge in [-0.25, -0.2) is 0 Å². The van der Waals surface area contributed by atoms with Crippen LogP contribution in [0.2, 0.25) is 0 Å². The second kappa shape index (κ2) is 12.7. The monoisotopic (exact) mass is 459 g/mol. The van der Waals surface area contributed by atoms with Crippen LogP contribution < -0.4 is 9.64 Å². The van der Waals surface area contributed by atoms with Crippen molar-refractivity contribution in [3.05, 3.63) is 64.5 Å². The van der Waals surface area contributed by atoms with E-state index < -0.39 is 5.60 Å². The predicted molar refractivity (Wildman–Crippen MR) is 139 cm³/mol. The fourth-order valence-corrected chi connectivity index (χ4v) is 3.91. The molecule has 0 spiro atoms. The van der Waals surface area contributed by atoms with Crippen molar-refractivity contribution < 1.29 is 9.47 Å². The lowest BCUT2D eigenvalue weighted by Gasteiger charge is -2.25. The SMILES string of the molecule is CCCCN(CCCC)c1ccc(/C=C/C=C/C2=C(C#N)C(=C(\C)C#N)/OC2(C)C)c(OC)c1. The lowest BCUT2D eigenvalue weighted by Crippen LogP contribution is -2.25. The lowest BCUT2D eigenvalue weighted by atomic mass is 9.94. The third kappa shape index (κ3) is 6.55. The maximum absolute atomic E-state index is 9.66. The summed E-state index contributed by atoms with van der Waals surface area (Å²) >= 11 is 0. The highest BCUT2D eigenvalue weighted by molar-refractivity contribution is 5.65. The summed E-state index contributed by atoms with van der Waals surface area (Å²) in [6.45, 7) is 12.0. The van der Waals surface area contributed by atoms with Crippen molar-refractivity contribution in [1.82, 2.24) is 0 Å². The van der Waals surface area contributed by atoms with E-state index in [2.05, 4.69) is 49.1 Å². The Hall–Kier alpha value is -3.44. The molecule has 0 bridgehead atoms. The van der Waals surface area contributed by atoms with Crippen LogP contribution in [0.15, 0.2) is 58.9 Å². The van der Waals surface area contributed by atoms with Gasteiger partial charge in [0.05, 0.1) is 18.8 Å². The molecular weight excluding hydrogens is 422 g/mol. The van der Waals surface area contributed by atoms with E-state index in [1.807, 2.05) is 38.2 Å². The molecule has 0 N–H and O–H groups in total. The Morgan fingerprint density at radius 3 is 2.29 bits per heavy atom. The number of allylic oxidation sites excluding steroid dienone is 4. The molecule has 2 rings (SSSR count). The minimum absolute atomic E-state index is 0.367. The van der Waals surface area contributed by atoms with Gasteiger partial charge in [-0.2, -0.15) is 10.5 Å². The molecule has 1 aromatic rings. The van der Waals surface area contributed by atoms with Gasteiger partial charge in [0.2, 0.25) is 0 Å². The molecule has 0 aliphatic carbocycles. The van der Waals surface area contributed by atoms with Crippen molar-refractivity contribution in [1.29, 1.82) is 10.5 Å². The first-order chi connectivity index (χ1) is 16.3. The number of anilines is 1. The summed E-state index contributed by atoms with van der Waals surface area (Å²) in [5.41, 5.74) is 3.07. The predicted octanol–water partition coefficient (Wildman–Crippen LogP) is 7.10. The normalized spacial score (nSPS) is 16.5. The number of hydrogen-bond donors (Lipinski definition) is 0. The molecule has 1 aliphatic heterocycles. The van der Waals surface area contributed by atoms with E-state index in [0.29, 0.717) is 16.9 Å². The molecule has 0 radical (unpaired) electrons. The topological polar surface area (TPSA) is 69.3 Å². The number of rotatable bonds is 11. The van der Waals surface area contributed by atoms with Crippen molar-refractivity contribution in [3.8, 4) is 17.9 Å². The van der Waals surface area contributed by atoms with Crippen LogP contribution in [-0.2, 0) is 4.74 Å². The zero-order valence-electron chi connectivity index (χ0n) is 21.4. The average molecular weight is 460 g/mol. The van der Waals surface area contributed by atoms with Crippen LogP contribution in [0.25, 0.3) is 6.08 Å². The first kappa shape index (κ1) is 26.8. The fourth-order valence-electron chi connectivity index (χ4n) is 3.91.